The van der Waals surface area contributed by atoms with Gasteiger partial charge in [-0.1, -0.05) is 13.3 Å². The fraction of sp³-hybridized carbons (Fsp3) is 0.938. The van der Waals surface area contributed by atoms with Gasteiger partial charge in [0.05, 0.1) is 12.7 Å². The van der Waals surface area contributed by atoms with Crippen LogP contribution < -0.4 is 5.32 Å². The van der Waals surface area contributed by atoms with Crippen LogP contribution in [0.5, 0.6) is 0 Å². The van der Waals surface area contributed by atoms with Gasteiger partial charge in [-0.3, -0.25) is 10.2 Å². The van der Waals surface area contributed by atoms with Crippen molar-refractivity contribution in [2.45, 2.75) is 57.0 Å². The Bertz CT molecular complexity index is 337. The molecule has 0 amide bonds. The van der Waals surface area contributed by atoms with Gasteiger partial charge >= 0.3 is 0 Å². The summed E-state index contributed by atoms with van der Waals surface area (Å²) in [6.45, 7) is 5.96. The number of rotatable bonds is 9. The Balaban J connectivity index is 1.86. The summed E-state index contributed by atoms with van der Waals surface area (Å²) in [7, 11) is 1.77. The van der Waals surface area contributed by atoms with E-state index in [1.807, 2.05) is 0 Å². The van der Waals surface area contributed by atoms with E-state index in [2.05, 4.69) is 23.2 Å². The van der Waals surface area contributed by atoms with Gasteiger partial charge in [-0.05, 0) is 51.1 Å². The fourth-order valence-electron chi connectivity index (χ4n) is 3.65. The van der Waals surface area contributed by atoms with Gasteiger partial charge in [0, 0.05) is 19.7 Å². The van der Waals surface area contributed by atoms with Crippen LogP contribution in [0.4, 0.5) is 0 Å². The first-order valence-electron chi connectivity index (χ1n) is 8.15. The minimum Gasteiger partial charge on any atom is -0.383 e. The number of nitriles is 1. The lowest BCUT2D eigenvalue weighted by Crippen LogP contribution is -2.48. The maximum absolute atomic E-state index is 9.60. The van der Waals surface area contributed by atoms with Crippen molar-refractivity contribution >= 4 is 0 Å². The summed E-state index contributed by atoms with van der Waals surface area (Å²) in [4.78, 5) is 2.57. The van der Waals surface area contributed by atoms with E-state index in [0.717, 1.165) is 45.1 Å². The molecule has 2 unspecified atom stereocenters. The van der Waals surface area contributed by atoms with Crippen LogP contribution >= 0.6 is 0 Å². The van der Waals surface area contributed by atoms with Crippen LogP contribution in [0.15, 0.2) is 0 Å². The molecule has 2 atom stereocenters. The third-order valence-electron chi connectivity index (χ3n) is 4.92. The predicted octanol–water partition coefficient (Wildman–Crippen LogP) is 2.16. The standard InChI is InChI=1S/C16H29N3O/c1-3-18-16(13-17)9-4-5-14(16)8-10-19(11-12-20-2)15-6-7-15/h14-15,18H,3-12H2,1-2H3. The fourth-order valence-corrected chi connectivity index (χ4v) is 3.65. The van der Waals surface area contributed by atoms with Crippen molar-refractivity contribution in [2.24, 2.45) is 5.92 Å². The molecule has 2 saturated carbocycles. The van der Waals surface area contributed by atoms with Crippen LogP contribution in [0.1, 0.15) is 45.4 Å². The number of methoxy groups -OCH3 is 1. The molecule has 0 aromatic heterocycles. The smallest absolute Gasteiger partial charge is 0.109 e. The van der Waals surface area contributed by atoms with Gasteiger partial charge in [0.25, 0.3) is 0 Å². The molecule has 4 nitrogen and oxygen atoms in total. The summed E-state index contributed by atoms with van der Waals surface area (Å²) in [5.41, 5.74) is -0.259. The molecular formula is C16H29N3O. The Labute approximate surface area is 123 Å². The summed E-state index contributed by atoms with van der Waals surface area (Å²) in [6.07, 6.45) is 7.22. The molecule has 2 aliphatic rings. The average Bonchev–Trinajstić information content (AvgIpc) is 3.22. The minimum absolute atomic E-state index is 0.259. The highest BCUT2D eigenvalue weighted by Gasteiger charge is 2.42. The van der Waals surface area contributed by atoms with Crippen molar-refractivity contribution in [3.05, 3.63) is 0 Å². The van der Waals surface area contributed by atoms with Gasteiger partial charge in [0.15, 0.2) is 0 Å². The average molecular weight is 279 g/mol. The largest absolute Gasteiger partial charge is 0.383 e. The van der Waals surface area contributed by atoms with Crippen molar-refractivity contribution in [1.82, 2.24) is 10.2 Å². The Hall–Kier alpha value is -0.630. The zero-order chi connectivity index (χ0) is 14.4. The molecule has 0 aromatic carbocycles. The Morgan fingerprint density at radius 3 is 2.75 bits per heavy atom. The van der Waals surface area contributed by atoms with Gasteiger partial charge in [-0.2, -0.15) is 5.26 Å². The third kappa shape index (κ3) is 3.72. The Morgan fingerprint density at radius 1 is 1.35 bits per heavy atom. The summed E-state index contributed by atoms with van der Waals surface area (Å²) in [6, 6.07) is 3.37. The highest BCUT2D eigenvalue weighted by atomic mass is 16.5. The van der Waals surface area contributed by atoms with Crippen LogP contribution in [0.2, 0.25) is 0 Å². The lowest BCUT2D eigenvalue weighted by molar-refractivity contribution is 0.135. The SMILES string of the molecule is CCNC1(C#N)CCCC1CCN(CCOC)C1CC1. The topological polar surface area (TPSA) is 48.3 Å². The van der Waals surface area contributed by atoms with Crippen molar-refractivity contribution in [3.63, 3.8) is 0 Å². The van der Waals surface area contributed by atoms with Gasteiger partial charge in [-0.25, -0.2) is 0 Å². The summed E-state index contributed by atoms with van der Waals surface area (Å²) in [5, 5.41) is 13.1. The van der Waals surface area contributed by atoms with E-state index in [0.29, 0.717) is 5.92 Å². The van der Waals surface area contributed by atoms with Crippen LogP contribution in [0, 0.1) is 17.2 Å². The van der Waals surface area contributed by atoms with E-state index in [1.165, 1.54) is 25.7 Å². The van der Waals surface area contributed by atoms with Crippen LogP contribution in [-0.4, -0.2) is 49.8 Å². The Morgan fingerprint density at radius 2 is 2.15 bits per heavy atom. The van der Waals surface area contributed by atoms with E-state index in [1.54, 1.807) is 7.11 Å². The molecule has 2 aliphatic carbocycles. The van der Waals surface area contributed by atoms with Crippen LogP contribution in [0.25, 0.3) is 0 Å². The lowest BCUT2D eigenvalue weighted by Gasteiger charge is -2.31. The van der Waals surface area contributed by atoms with Crippen molar-refractivity contribution in [2.75, 3.05) is 33.4 Å². The second kappa shape index (κ2) is 7.40. The maximum atomic E-state index is 9.60. The third-order valence-corrected chi connectivity index (χ3v) is 4.92. The highest BCUT2D eigenvalue weighted by Crippen LogP contribution is 2.38. The number of hydrogen-bond acceptors (Lipinski definition) is 4. The first-order valence-corrected chi connectivity index (χ1v) is 8.15. The van der Waals surface area contributed by atoms with Crippen molar-refractivity contribution < 1.29 is 4.74 Å². The monoisotopic (exact) mass is 279 g/mol. The predicted molar refractivity (Wildman–Crippen MR) is 80.4 cm³/mol. The second-order valence-corrected chi connectivity index (χ2v) is 6.25. The zero-order valence-electron chi connectivity index (χ0n) is 13.0. The lowest BCUT2D eigenvalue weighted by atomic mass is 9.85. The van der Waals surface area contributed by atoms with Gasteiger partial charge in [0.1, 0.15) is 5.54 Å². The van der Waals surface area contributed by atoms with Gasteiger partial charge in [-0.15, -0.1) is 0 Å². The van der Waals surface area contributed by atoms with Crippen LogP contribution in [-0.2, 0) is 4.74 Å². The van der Waals surface area contributed by atoms with E-state index in [4.69, 9.17) is 4.74 Å². The van der Waals surface area contributed by atoms with Crippen molar-refractivity contribution in [1.29, 1.82) is 5.26 Å². The molecule has 0 saturated heterocycles. The first-order chi connectivity index (χ1) is 9.75. The summed E-state index contributed by atoms with van der Waals surface area (Å²) < 4.78 is 5.22. The highest BCUT2D eigenvalue weighted by molar-refractivity contribution is 5.14. The number of ether oxygens (including phenoxy) is 1. The number of nitrogens with one attached hydrogen (secondary N) is 1. The van der Waals surface area contributed by atoms with Crippen molar-refractivity contribution in [3.8, 4) is 6.07 Å². The molecule has 2 fully saturated rings. The molecule has 20 heavy (non-hydrogen) atoms. The van der Waals surface area contributed by atoms with E-state index < -0.39 is 0 Å². The molecule has 0 radical (unpaired) electrons. The molecule has 0 heterocycles. The quantitative estimate of drug-likeness (QED) is 0.702. The molecule has 0 spiro atoms. The van der Waals surface area contributed by atoms with Gasteiger partial charge < -0.3 is 4.74 Å². The van der Waals surface area contributed by atoms with E-state index >= 15 is 0 Å². The molecule has 1 N–H and O–H groups in total. The van der Waals surface area contributed by atoms with Gasteiger partial charge in [0.2, 0.25) is 0 Å². The van der Waals surface area contributed by atoms with Crippen LogP contribution in [0.3, 0.4) is 0 Å². The summed E-state index contributed by atoms with van der Waals surface area (Å²) >= 11 is 0. The minimum atomic E-state index is -0.259. The Kier molecular flexibility index (Phi) is 5.83. The number of nitrogens with zero attached hydrogens (tertiary/aromatic N) is 2. The maximum Gasteiger partial charge on any atom is 0.109 e. The normalized spacial score (nSPS) is 29.8. The zero-order valence-corrected chi connectivity index (χ0v) is 13.0. The van der Waals surface area contributed by atoms with E-state index in [9.17, 15) is 5.26 Å². The second-order valence-electron chi connectivity index (χ2n) is 6.25. The molecule has 0 aromatic rings. The summed E-state index contributed by atoms with van der Waals surface area (Å²) in [5.74, 6) is 0.510. The molecule has 2 rings (SSSR count). The first kappa shape index (κ1) is 15.8. The molecule has 4 heteroatoms. The number of hydrogen-bond donors (Lipinski definition) is 1. The molecule has 0 bridgehead atoms. The van der Waals surface area contributed by atoms with E-state index in [-0.39, 0.29) is 5.54 Å². The molecular weight excluding hydrogens is 250 g/mol. The molecule has 114 valence electrons. The molecule has 0 aliphatic heterocycles.